The minimum Gasteiger partial charge on any atom is -0.484 e. The molecule has 1 aromatic rings. The van der Waals surface area contributed by atoms with Gasteiger partial charge in [-0.15, -0.1) is 0 Å². The SMILES string of the molecule is C[C@H]1CN(C(=O)COc2cccc(N)c2)CCN1. The van der Waals surface area contributed by atoms with Gasteiger partial charge in [0.2, 0.25) is 0 Å². The number of hydrogen-bond acceptors (Lipinski definition) is 4. The van der Waals surface area contributed by atoms with Crippen molar-refractivity contribution in [2.75, 3.05) is 32.0 Å². The lowest BCUT2D eigenvalue weighted by Gasteiger charge is -2.31. The first-order valence-electron chi connectivity index (χ1n) is 6.14. The van der Waals surface area contributed by atoms with Gasteiger partial charge in [0.25, 0.3) is 5.91 Å². The van der Waals surface area contributed by atoms with E-state index in [4.69, 9.17) is 10.5 Å². The highest BCUT2D eigenvalue weighted by Gasteiger charge is 2.20. The van der Waals surface area contributed by atoms with Crippen molar-refractivity contribution in [2.24, 2.45) is 0 Å². The van der Waals surface area contributed by atoms with Gasteiger partial charge in [-0.3, -0.25) is 4.79 Å². The third-order valence-electron chi connectivity index (χ3n) is 2.94. The van der Waals surface area contributed by atoms with Gasteiger partial charge in [-0.1, -0.05) is 6.07 Å². The van der Waals surface area contributed by atoms with E-state index in [-0.39, 0.29) is 12.5 Å². The van der Waals surface area contributed by atoms with Gasteiger partial charge in [-0.05, 0) is 19.1 Å². The molecule has 0 aromatic heterocycles. The van der Waals surface area contributed by atoms with E-state index in [9.17, 15) is 4.79 Å². The molecule has 0 radical (unpaired) electrons. The van der Waals surface area contributed by atoms with Crippen LogP contribution in [0, 0.1) is 0 Å². The Bertz CT molecular complexity index is 422. The summed E-state index contributed by atoms with van der Waals surface area (Å²) in [6, 6.07) is 7.45. The summed E-state index contributed by atoms with van der Waals surface area (Å²) in [7, 11) is 0. The Kier molecular flexibility index (Phi) is 4.04. The zero-order chi connectivity index (χ0) is 13.0. The first-order valence-corrected chi connectivity index (χ1v) is 6.14. The van der Waals surface area contributed by atoms with Gasteiger partial charge in [0.1, 0.15) is 5.75 Å². The molecule has 1 atom stereocenters. The maximum absolute atomic E-state index is 11.9. The van der Waals surface area contributed by atoms with Crippen LogP contribution in [0.4, 0.5) is 5.69 Å². The number of piperazine rings is 1. The average molecular weight is 249 g/mol. The molecule has 1 aliphatic heterocycles. The first-order chi connectivity index (χ1) is 8.65. The number of nitrogen functional groups attached to an aromatic ring is 1. The lowest BCUT2D eigenvalue weighted by Crippen LogP contribution is -2.52. The fourth-order valence-corrected chi connectivity index (χ4v) is 2.00. The summed E-state index contributed by atoms with van der Waals surface area (Å²) in [4.78, 5) is 13.8. The van der Waals surface area contributed by atoms with Crippen LogP contribution in [0.5, 0.6) is 5.75 Å². The number of nitrogens with zero attached hydrogens (tertiary/aromatic N) is 1. The standard InChI is InChI=1S/C13H19N3O2/c1-10-8-16(6-5-15-10)13(17)9-18-12-4-2-3-11(14)7-12/h2-4,7,10,15H,5-6,8-9,14H2,1H3/t10-/m0/s1. The zero-order valence-electron chi connectivity index (χ0n) is 10.6. The molecule has 0 saturated carbocycles. The molecule has 0 unspecified atom stereocenters. The number of anilines is 1. The summed E-state index contributed by atoms with van der Waals surface area (Å²) in [5, 5.41) is 3.30. The molecule has 1 saturated heterocycles. The molecule has 5 heteroatoms. The summed E-state index contributed by atoms with van der Waals surface area (Å²) in [5.74, 6) is 0.650. The minimum atomic E-state index is 0.0192. The summed E-state index contributed by atoms with van der Waals surface area (Å²) >= 11 is 0. The maximum Gasteiger partial charge on any atom is 0.260 e. The van der Waals surface area contributed by atoms with Crippen molar-refractivity contribution in [3.8, 4) is 5.75 Å². The van der Waals surface area contributed by atoms with E-state index < -0.39 is 0 Å². The largest absolute Gasteiger partial charge is 0.484 e. The van der Waals surface area contributed by atoms with Crippen LogP contribution >= 0.6 is 0 Å². The second-order valence-electron chi connectivity index (χ2n) is 4.56. The van der Waals surface area contributed by atoms with Crippen molar-refractivity contribution in [1.29, 1.82) is 0 Å². The van der Waals surface area contributed by atoms with Crippen LogP contribution in [-0.4, -0.2) is 43.1 Å². The third kappa shape index (κ3) is 3.37. The van der Waals surface area contributed by atoms with Gasteiger partial charge in [0.05, 0.1) is 0 Å². The van der Waals surface area contributed by atoms with Crippen LogP contribution in [0.25, 0.3) is 0 Å². The summed E-state index contributed by atoms with van der Waals surface area (Å²) in [6.07, 6.45) is 0. The van der Waals surface area contributed by atoms with E-state index in [0.29, 0.717) is 17.5 Å². The van der Waals surface area contributed by atoms with Crippen molar-refractivity contribution in [2.45, 2.75) is 13.0 Å². The molecule has 98 valence electrons. The van der Waals surface area contributed by atoms with Gasteiger partial charge in [-0.25, -0.2) is 0 Å². The number of carbonyl (C=O) groups is 1. The summed E-state index contributed by atoms with van der Waals surface area (Å²) < 4.78 is 5.45. The molecule has 3 N–H and O–H groups in total. The Morgan fingerprint density at radius 2 is 2.44 bits per heavy atom. The van der Waals surface area contributed by atoms with E-state index in [1.165, 1.54) is 0 Å². The second-order valence-corrected chi connectivity index (χ2v) is 4.56. The third-order valence-corrected chi connectivity index (χ3v) is 2.94. The van der Waals surface area contributed by atoms with Gasteiger partial charge in [0.15, 0.2) is 6.61 Å². The van der Waals surface area contributed by atoms with Gasteiger partial charge >= 0.3 is 0 Å². The predicted molar refractivity (Wildman–Crippen MR) is 70.4 cm³/mol. The van der Waals surface area contributed by atoms with Crippen molar-refractivity contribution >= 4 is 11.6 Å². The number of ether oxygens (including phenoxy) is 1. The number of benzene rings is 1. The van der Waals surface area contributed by atoms with Crippen LogP contribution in [0.1, 0.15) is 6.92 Å². The fourth-order valence-electron chi connectivity index (χ4n) is 2.00. The Morgan fingerprint density at radius 1 is 1.61 bits per heavy atom. The maximum atomic E-state index is 11.9. The average Bonchev–Trinajstić information content (AvgIpc) is 2.36. The van der Waals surface area contributed by atoms with Crippen LogP contribution in [-0.2, 0) is 4.79 Å². The van der Waals surface area contributed by atoms with Crippen molar-refractivity contribution in [3.63, 3.8) is 0 Å². The lowest BCUT2D eigenvalue weighted by molar-refractivity contribution is -0.134. The number of amides is 1. The second kappa shape index (κ2) is 5.73. The van der Waals surface area contributed by atoms with Crippen LogP contribution in [0.15, 0.2) is 24.3 Å². The summed E-state index contributed by atoms with van der Waals surface area (Å²) in [5.41, 5.74) is 6.28. The Hall–Kier alpha value is -1.75. The fraction of sp³-hybridized carbons (Fsp3) is 0.462. The lowest BCUT2D eigenvalue weighted by atomic mass is 10.2. The number of rotatable bonds is 3. The van der Waals surface area contributed by atoms with E-state index in [1.54, 1.807) is 18.2 Å². The highest BCUT2D eigenvalue weighted by atomic mass is 16.5. The van der Waals surface area contributed by atoms with Crippen molar-refractivity contribution in [1.82, 2.24) is 10.2 Å². The van der Waals surface area contributed by atoms with Crippen LogP contribution in [0.3, 0.4) is 0 Å². The first kappa shape index (κ1) is 12.7. The molecular weight excluding hydrogens is 230 g/mol. The predicted octanol–water partition coefficient (Wildman–Crippen LogP) is 0.468. The van der Waals surface area contributed by atoms with E-state index in [1.807, 2.05) is 11.0 Å². The summed E-state index contributed by atoms with van der Waals surface area (Å²) in [6.45, 7) is 4.45. The van der Waals surface area contributed by atoms with E-state index in [2.05, 4.69) is 12.2 Å². The van der Waals surface area contributed by atoms with Gasteiger partial charge in [-0.2, -0.15) is 0 Å². The van der Waals surface area contributed by atoms with Gasteiger partial charge in [0, 0.05) is 37.4 Å². The Labute approximate surface area is 107 Å². The molecule has 18 heavy (non-hydrogen) atoms. The highest BCUT2D eigenvalue weighted by Crippen LogP contribution is 2.14. The molecule has 1 aliphatic rings. The smallest absolute Gasteiger partial charge is 0.260 e. The molecule has 1 fully saturated rings. The van der Waals surface area contributed by atoms with Crippen LogP contribution in [0.2, 0.25) is 0 Å². The topological polar surface area (TPSA) is 67.6 Å². The minimum absolute atomic E-state index is 0.0192. The monoisotopic (exact) mass is 249 g/mol. The molecular formula is C13H19N3O2. The van der Waals surface area contributed by atoms with Crippen LogP contribution < -0.4 is 15.8 Å². The molecule has 0 bridgehead atoms. The normalized spacial score (nSPS) is 19.6. The number of nitrogens with one attached hydrogen (secondary N) is 1. The zero-order valence-corrected chi connectivity index (χ0v) is 10.6. The number of hydrogen-bond donors (Lipinski definition) is 2. The molecule has 1 heterocycles. The van der Waals surface area contributed by atoms with Crippen molar-refractivity contribution in [3.05, 3.63) is 24.3 Å². The molecule has 5 nitrogen and oxygen atoms in total. The highest BCUT2D eigenvalue weighted by molar-refractivity contribution is 5.78. The van der Waals surface area contributed by atoms with Gasteiger partial charge < -0.3 is 20.7 Å². The number of nitrogens with two attached hydrogens (primary N) is 1. The molecule has 0 spiro atoms. The van der Waals surface area contributed by atoms with E-state index in [0.717, 1.165) is 19.6 Å². The molecule has 1 aromatic carbocycles. The Morgan fingerprint density at radius 3 is 3.17 bits per heavy atom. The van der Waals surface area contributed by atoms with E-state index >= 15 is 0 Å². The quantitative estimate of drug-likeness (QED) is 0.764. The van der Waals surface area contributed by atoms with Crippen molar-refractivity contribution < 1.29 is 9.53 Å². The Balaban J connectivity index is 1.84. The molecule has 1 amide bonds. The molecule has 0 aliphatic carbocycles. The number of carbonyl (C=O) groups excluding carboxylic acids is 1. The molecule has 2 rings (SSSR count).